The van der Waals surface area contributed by atoms with Crippen molar-refractivity contribution in [1.82, 2.24) is 5.32 Å². The Labute approximate surface area is 134 Å². The van der Waals surface area contributed by atoms with Crippen molar-refractivity contribution in [3.63, 3.8) is 0 Å². The van der Waals surface area contributed by atoms with Gasteiger partial charge in [0.25, 0.3) is 5.91 Å². The molecule has 0 saturated heterocycles. The molecule has 6 heteroatoms. The number of halogens is 1. The zero-order chi connectivity index (χ0) is 17.0. The quantitative estimate of drug-likeness (QED) is 0.422. The average Bonchev–Trinajstić information content (AvgIpc) is 3.36. The number of carbonyl (C=O) groups excluding carboxylic acids is 2. The lowest BCUT2D eigenvalue weighted by atomic mass is 10.0. The fraction of sp³-hybridized carbons (Fsp3) is 0.294. The van der Waals surface area contributed by atoms with E-state index < -0.39 is 5.82 Å². The van der Waals surface area contributed by atoms with Gasteiger partial charge in [0.05, 0.1) is 5.70 Å². The van der Waals surface area contributed by atoms with E-state index in [0.717, 1.165) is 18.9 Å². The lowest BCUT2D eigenvalue weighted by molar-refractivity contribution is -0.117. The average molecular weight is 317 g/mol. The molecule has 0 radical (unpaired) electrons. The number of rotatable bonds is 6. The summed E-state index contributed by atoms with van der Waals surface area (Å²) in [5.74, 6) is -0.311. The normalized spacial score (nSPS) is 15.4. The van der Waals surface area contributed by atoms with E-state index in [4.69, 9.17) is 11.5 Å². The molecule has 0 spiro atoms. The third-order valence-corrected chi connectivity index (χ3v) is 3.77. The van der Waals surface area contributed by atoms with Gasteiger partial charge in [-0.05, 0) is 55.5 Å². The van der Waals surface area contributed by atoms with E-state index in [-0.39, 0.29) is 22.9 Å². The van der Waals surface area contributed by atoms with Crippen molar-refractivity contribution in [2.45, 2.75) is 19.8 Å². The van der Waals surface area contributed by atoms with E-state index in [1.807, 2.05) is 0 Å². The maximum atomic E-state index is 13.8. The summed E-state index contributed by atoms with van der Waals surface area (Å²) >= 11 is 0. The van der Waals surface area contributed by atoms with Gasteiger partial charge in [0, 0.05) is 23.4 Å². The minimum atomic E-state index is -0.514. The number of hydrogen-bond acceptors (Lipinski definition) is 4. The van der Waals surface area contributed by atoms with Crippen LogP contribution in [0.5, 0.6) is 0 Å². The largest absolute Gasteiger partial charge is 0.398 e. The topological polar surface area (TPSA) is 98.2 Å². The summed E-state index contributed by atoms with van der Waals surface area (Å²) in [6.07, 6.45) is 5.63. The van der Waals surface area contributed by atoms with E-state index in [1.54, 1.807) is 6.92 Å². The standard InChI is InChI=1S/C17H20FN3O2/c1-10-13(6-12(9-22)7-14(10)18)15(19)4-5-16(20)17(23)21-8-11-2-3-11/h4-7,9,11H,2-3,8,19-20H2,1H3,(H,21,23)/b15-4-,16-5-. The predicted molar refractivity (Wildman–Crippen MR) is 86.7 cm³/mol. The first-order valence-electron chi connectivity index (χ1n) is 7.39. The van der Waals surface area contributed by atoms with Gasteiger partial charge in [-0.25, -0.2) is 4.39 Å². The Morgan fingerprint density at radius 1 is 1.35 bits per heavy atom. The van der Waals surface area contributed by atoms with Crippen LogP contribution in [0.25, 0.3) is 5.70 Å². The van der Waals surface area contributed by atoms with E-state index in [2.05, 4.69) is 5.32 Å². The number of hydrogen-bond donors (Lipinski definition) is 3. The Balaban J connectivity index is 2.14. The van der Waals surface area contributed by atoms with E-state index >= 15 is 0 Å². The Bertz CT molecular complexity index is 691. The second kappa shape index (κ2) is 7.09. The summed E-state index contributed by atoms with van der Waals surface area (Å²) < 4.78 is 13.8. The van der Waals surface area contributed by atoms with E-state index in [9.17, 15) is 14.0 Å². The smallest absolute Gasteiger partial charge is 0.267 e. The van der Waals surface area contributed by atoms with Crippen molar-refractivity contribution < 1.29 is 14.0 Å². The van der Waals surface area contributed by atoms with Crippen molar-refractivity contribution in [1.29, 1.82) is 0 Å². The Morgan fingerprint density at radius 2 is 2.04 bits per heavy atom. The summed E-state index contributed by atoms with van der Waals surface area (Å²) in [6.45, 7) is 2.19. The van der Waals surface area contributed by atoms with Gasteiger partial charge in [0.1, 0.15) is 12.1 Å². The van der Waals surface area contributed by atoms with Crippen molar-refractivity contribution in [2.75, 3.05) is 6.54 Å². The number of allylic oxidation sites excluding steroid dienone is 2. The molecule has 0 aliphatic heterocycles. The zero-order valence-electron chi connectivity index (χ0n) is 12.9. The maximum Gasteiger partial charge on any atom is 0.267 e. The van der Waals surface area contributed by atoms with Crippen LogP contribution in [-0.4, -0.2) is 18.7 Å². The first-order valence-corrected chi connectivity index (χ1v) is 7.39. The molecule has 1 aromatic carbocycles. The van der Waals surface area contributed by atoms with Crippen LogP contribution in [0.4, 0.5) is 4.39 Å². The molecule has 1 saturated carbocycles. The minimum absolute atomic E-state index is 0.0262. The first kappa shape index (κ1) is 16.7. The van der Waals surface area contributed by atoms with Gasteiger partial charge in [-0.15, -0.1) is 0 Å². The molecule has 1 fully saturated rings. The lowest BCUT2D eigenvalue weighted by Crippen LogP contribution is -2.30. The number of amides is 1. The molecule has 5 N–H and O–H groups in total. The molecule has 0 heterocycles. The molecule has 1 amide bonds. The van der Waals surface area contributed by atoms with E-state index in [0.29, 0.717) is 29.9 Å². The van der Waals surface area contributed by atoms with Gasteiger partial charge in [0.2, 0.25) is 0 Å². The van der Waals surface area contributed by atoms with Crippen LogP contribution in [0.2, 0.25) is 0 Å². The van der Waals surface area contributed by atoms with Crippen LogP contribution in [0.15, 0.2) is 30.0 Å². The monoisotopic (exact) mass is 317 g/mol. The molecule has 2 rings (SSSR count). The molecular weight excluding hydrogens is 297 g/mol. The number of aldehydes is 1. The van der Waals surface area contributed by atoms with Crippen LogP contribution >= 0.6 is 0 Å². The summed E-state index contributed by atoms with van der Waals surface area (Å²) in [4.78, 5) is 22.6. The highest BCUT2D eigenvalue weighted by atomic mass is 19.1. The van der Waals surface area contributed by atoms with Gasteiger partial charge >= 0.3 is 0 Å². The summed E-state index contributed by atoms with van der Waals surface area (Å²) in [5.41, 5.74) is 12.8. The highest BCUT2D eigenvalue weighted by molar-refractivity contribution is 5.93. The van der Waals surface area contributed by atoms with Gasteiger partial charge < -0.3 is 16.8 Å². The molecular formula is C17H20FN3O2. The third-order valence-electron chi connectivity index (χ3n) is 3.77. The van der Waals surface area contributed by atoms with Gasteiger partial charge in [-0.1, -0.05) is 0 Å². The van der Waals surface area contributed by atoms with Crippen LogP contribution in [-0.2, 0) is 4.79 Å². The fourth-order valence-corrected chi connectivity index (χ4v) is 2.07. The molecule has 1 aromatic rings. The molecule has 0 aromatic heterocycles. The Hall–Kier alpha value is -2.63. The molecule has 0 unspecified atom stereocenters. The van der Waals surface area contributed by atoms with Crippen molar-refractivity contribution >= 4 is 17.9 Å². The Kier molecular flexibility index (Phi) is 5.16. The summed E-state index contributed by atoms with van der Waals surface area (Å²) in [5, 5.41) is 2.74. The predicted octanol–water partition coefficient (Wildman–Crippen LogP) is 1.62. The molecule has 0 bridgehead atoms. The molecule has 122 valence electrons. The van der Waals surface area contributed by atoms with Crippen LogP contribution in [0, 0.1) is 18.7 Å². The van der Waals surface area contributed by atoms with Gasteiger partial charge in [-0.3, -0.25) is 9.59 Å². The number of nitrogens with one attached hydrogen (secondary N) is 1. The third kappa shape index (κ3) is 4.42. The molecule has 1 aliphatic carbocycles. The Morgan fingerprint density at radius 3 is 2.65 bits per heavy atom. The summed E-state index contributed by atoms with van der Waals surface area (Å²) in [6, 6.07) is 2.64. The summed E-state index contributed by atoms with van der Waals surface area (Å²) in [7, 11) is 0. The highest BCUT2D eigenvalue weighted by Crippen LogP contribution is 2.27. The highest BCUT2D eigenvalue weighted by Gasteiger charge is 2.21. The first-order chi connectivity index (χ1) is 10.9. The SMILES string of the molecule is Cc1c(F)cc(C=O)cc1/C(N)=C/C=C(\N)C(=O)NCC1CC1. The van der Waals surface area contributed by atoms with Crippen LogP contribution in [0.1, 0.15) is 34.3 Å². The number of nitrogens with two attached hydrogens (primary N) is 2. The maximum absolute atomic E-state index is 13.8. The number of benzene rings is 1. The van der Waals surface area contributed by atoms with Gasteiger partial charge in [0.15, 0.2) is 0 Å². The number of carbonyl (C=O) groups is 2. The van der Waals surface area contributed by atoms with Crippen molar-refractivity contribution in [3.8, 4) is 0 Å². The fourth-order valence-electron chi connectivity index (χ4n) is 2.07. The van der Waals surface area contributed by atoms with Crippen molar-refractivity contribution in [3.05, 3.63) is 52.5 Å². The van der Waals surface area contributed by atoms with Gasteiger partial charge in [-0.2, -0.15) is 0 Å². The second-order valence-corrected chi connectivity index (χ2v) is 5.69. The van der Waals surface area contributed by atoms with Crippen molar-refractivity contribution in [2.24, 2.45) is 17.4 Å². The second-order valence-electron chi connectivity index (χ2n) is 5.69. The lowest BCUT2D eigenvalue weighted by Gasteiger charge is -2.08. The molecule has 0 atom stereocenters. The molecule has 5 nitrogen and oxygen atoms in total. The van der Waals surface area contributed by atoms with E-state index in [1.165, 1.54) is 18.2 Å². The van der Waals surface area contributed by atoms with Crippen LogP contribution in [0.3, 0.4) is 0 Å². The molecule has 23 heavy (non-hydrogen) atoms. The van der Waals surface area contributed by atoms with Crippen LogP contribution < -0.4 is 16.8 Å². The minimum Gasteiger partial charge on any atom is -0.398 e. The zero-order valence-corrected chi connectivity index (χ0v) is 12.9. The molecule has 1 aliphatic rings.